The number of aliphatic hydroxyl groups is 2. The van der Waals surface area contributed by atoms with Crippen LogP contribution in [0.2, 0.25) is 0 Å². The summed E-state index contributed by atoms with van der Waals surface area (Å²) in [6.07, 6.45) is 0.296. The minimum atomic E-state index is -0.459. The highest BCUT2D eigenvalue weighted by atomic mass is 16.5. The molecule has 1 rings (SSSR count). The fourth-order valence-corrected chi connectivity index (χ4v) is 2.13. The van der Waals surface area contributed by atoms with Gasteiger partial charge in [0.2, 0.25) is 0 Å². The van der Waals surface area contributed by atoms with Crippen LogP contribution in [0.3, 0.4) is 0 Å². The highest BCUT2D eigenvalue weighted by Gasteiger charge is 2.26. The monoisotopic (exact) mass is 247 g/mol. The van der Waals surface area contributed by atoms with Gasteiger partial charge in [-0.2, -0.15) is 0 Å². The van der Waals surface area contributed by atoms with Gasteiger partial charge >= 0.3 is 0 Å². The van der Waals surface area contributed by atoms with Gasteiger partial charge in [-0.15, -0.1) is 0 Å². The molecule has 3 atom stereocenters. The molecule has 102 valence electrons. The molecule has 0 aromatic rings. The highest BCUT2D eigenvalue weighted by Crippen LogP contribution is 2.19. The second kappa shape index (κ2) is 8.00. The summed E-state index contributed by atoms with van der Waals surface area (Å²) in [7, 11) is 1.63. The van der Waals surface area contributed by atoms with E-state index in [0.29, 0.717) is 32.3 Å². The standard InChI is InChI=1S/C12H25NO4/c1-10(14)11-3-4-13(7-11)8-12(15)9-17-6-5-16-2/h10-12,14-15H,3-9H2,1-2H3. The van der Waals surface area contributed by atoms with Crippen molar-refractivity contribution in [3.63, 3.8) is 0 Å². The molecule has 0 aromatic carbocycles. The Morgan fingerprint density at radius 3 is 2.71 bits per heavy atom. The third-order valence-corrected chi connectivity index (χ3v) is 3.20. The number of rotatable bonds is 8. The Balaban J connectivity index is 2.08. The predicted octanol–water partition coefficient (Wildman–Crippen LogP) is -0.287. The molecule has 0 bridgehead atoms. The van der Waals surface area contributed by atoms with Crippen LogP contribution in [-0.2, 0) is 9.47 Å². The highest BCUT2D eigenvalue weighted by molar-refractivity contribution is 4.80. The van der Waals surface area contributed by atoms with Crippen molar-refractivity contribution in [1.82, 2.24) is 4.90 Å². The second-order valence-corrected chi connectivity index (χ2v) is 4.77. The minimum absolute atomic E-state index is 0.255. The fraction of sp³-hybridized carbons (Fsp3) is 1.00. The Bertz CT molecular complexity index is 201. The number of nitrogens with zero attached hydrogens (tertiary/aromatic N) is 1. The molecular formula is C12H25NO4. The van der Waals surface area contributed by atoms with E-state index in [1.807, 2.05) is 6.92 Å². The molecule has 0 saturated carbocycles. The maximum Gasteiger partial charge on any atom is 0.0900 e. The molecule has 1 aliphatic heterocycles. The van der Waals surface area contributed by atoms with E-state index in [9.17, 15) is 10.2 Å². The summed E-state index contributed by atoms with van der Waals surface area (Å²) >= 11 is 0. The summed E-state index contributed by atoms with van der Waals surface area (Å²) in [5.41, 5.74) is 0. The molecule has 1 fully saturated rings. The summed E-state index contributed by atoms with van der Waals surface area (Å²) in [5.74, 6) is 0.344. The summed E-state index contributed by atoms with van der Waals surface area (Å²) in [6, 6.07) is 0. The van der Waals surface area contributed by atoms with Crippen molar-refractivity contribution in [2.75, 3.05) is 46.6 Å². The van der Waals surface area contributed by atoms with Crippen LogP contribution in [0.25, 0.3) is 0 Å². The number of ether oxygens (including phenoxy) is 2. The fourth-order valence-electron chi connectivity index (χ4n) is 2.13. The van der Waals surface area contributed by atoms with Gasteiger partial charge in [0, 0.05) is 20.2 Å². The summed E-state index contributed by atoms with van der Waals surface area (Å²) in [4.78, 5) is 2.18. The largest absolute Gasteiger partial charge is 0.393 e. The zero-order chi connectivity index (χ0) is 12.7. The van der Waals surface area contributed by atoms with E-state index in [-0.39, 0.29) is 6.10 Å². The number of hydrogen-bond donors (Lipinski definition) is 2. The van der Waals surface area contributed by atoms with Gasteiger partial charge in [-0.25, -0.2) is 0 Å². The van der Waals surface area contributed by atoms with Gasteiger partial charge < -0.3 is 24.6 Å². The molecule has 0 aromatic heterocycles. The van der Waals surface area contributed by atoms with Crippen LogP contribution >= 0.6 is 0 Å². The van der Waals surface area contributed by atoms with E-state index in [1.54, 1.807) is 7.11 Å². The van der Waals surface area contributed by atoms with E-state index >= 15 is 0 Å². The van der Waals surface area contributed by atoms with Gasteiger partial charge in [0.15, 0.2) is 0 Å². The molecule has 3 unspecified atom stereocenters. The summed E-state index contributed by atoms with van der Waals surface area (Å²) in [5, 5.41) is 19.2. The van der Waals surface area contributed by atoms with Crippen molar-refractivity contribution in [2.24, 2.45) is 5.92 Å². The lowest BCUT2D eigenvalue weighted by atomic mass is 10.0. The third kappa shape index (κ3) is 5.79. The third-order valence-electron chi connectivity index (χ3n) is 3.20. The van der Waals surface area contributed by atoms with Crippen molar-refractivity contribution in [1.29, 1.82) is 0 Å². The Morgan fingerprint density at radius 1 is 1.35 bits per heavy atom. The van der Waals surface area contributed by atoms with Crippen molar-refractivity contribution in [3.05, 3.63) is 0 Å². The molecule has 0 amide bonds. The van der Waals surface area contributed by atoms with E-state index in [2.05, 4.69) is 4.90 Å². The van der Waals surface area contributed by atoms with Gasteiger partial charge in [-0.3, -0.25) is 0 Å². The second-order valence-electron chi connectivity index (χ2n) is 4.77. The molecule has 0 spiro atoms. The lowest BCUT2D eigenvalue weighted by molar-refractivity contribution is 0.000987. The van der Waals surface area contributed by atoms with Crippen LogP contribution in [0.1, 0.15) is 13.3 Å². The maximum absolute atomic E-state index is 9.76. The maximum atomic E-state index is 9.76. The van der Waals surface area contributed by atoms with Crippen molar-refractivity contribution in [2.45, 2.75) is 25.6 Å². The molecule has 17 heavy (non-hydrogen) atoms. The molecule has 5 heteroatoms. The average Bonchev–Trinajstić information content (AvgIpc) is 2.73. The topological polar surface area (TPSA) is 62.2 Å². The van der Waals surface area contributed by atoms with Crippen molar-refractivity contribution >= 4 is 0 Å². The predicted molar refractivity (Wildman–Crippen MR) is 64.9 cm³/mol. The first-order chi connectivity index (χ1) is 8.13. The van der Waals surface area contributed by atoms with Crippen molar-refractivity contribution < 1.29 is 19.7 Å². The van der Waals surface area contributed by atoms with Gasteiger partial charge in [0.05, 0.1) is 32.0 Å². The summed E-state index contributed by atoms with van der Waals surface area (Å²) < 4.78 is 10.1. The molecule has 1 saturated heterocycles. The molecule has 0 aliphatic carbocycles. The average molecular weight is 247 g/mol. The van der Waals surface area contributed by atoms with Gasteiger partial charge in [-0.1, -0.05) is 0 Å². The Kier molecular flexibility index (Phi) is 6.99. The van der Waals surface area contributed by atoms with Gasteiger partial charge in [0.25, 0.3) is 0 Å². The van der Waals surface area contributed by atoms with Crippen LogP contribution in [-0.4, -0.2) is 73.9 Å². The number of aliphatic hydroxyl groups excluding tert-OH is 2. The molecule has 0 radical (unpaired) electrons. The van der Waals surface area contributed by atoms with Gasteiger partial charge in [-0.05, 0) is 25.8 Å². The zero-order valence-electron chi connectivity index (χ0n) is 10.8. The Hall–Kier alpha value is -0.200. The summed E-state index contributed by atoms with van der Waals surface area (Å²) in [6.45, 7) is 5.69. The first-order valence-corrected chi connectivity index (χ1v) is 6.28. The number of β-amino-alcohol motifs (C(OH)–C–C–N with tert-alkyl or cyclic N) is 1. The number of likely N-dealkylation sites (tertiary alicyclic amines) is 1. The lowest BCUT2D eigenvalue weighted by Crippen LogP contribution is -2.34. The van der Waals surface area contributed by atoms with Crippen LogP contribution in [0.15, 0.2) is 0 Å². The SMILES string of the molecule is COCCOCC(O)CN1CCC(C(C)O)C1. The molecular weight excluding hydrogens is 222 g/mol. The van der Waals surface area contributed by atoms with E-state index in [0.717, 1.165) is 19.5 Å². The van der Waals surface area contributed by atoms with Crippen molar-refractivity contribution in [3.8, 4) is 0 Å². The van der Waals surface area contributed by atoms with Crippen LogP contribution in [0.5, 0.6) is 0 Å². The molecule has 5 nitrogen and oxygen atoms in total. The van der Waals surface area contributed by atoms with E-state index in [1.165, 1.54) is 0 Å². The molecule has 1 heterocycles. The zero-order valence-corrected chi connectivity index (χ0v) is 10.8. The molecule has 1 aliphatic rings. The smallest absolute Gasteiger partial charge is 0.0900 e. The Labute approximate surface area is 103 Å². The normalized spacial score (nSPS) is 25.1. The minimum Gasteiger partial charge on any atom is -0.393 e. The Morgan fingerprint density at radius 2 is 2.12 bits per heavy atom. The van der Waals surface area contributed by atoms with E-state index < -0.39 is 6.10 Å². The van der Waals surface area contributed by atoms with Crippen LogP contribution < -0.4 is 0 Å². The van der Waals surface area contributed by atoms with E-state index in [4.69, 9.17) is 9.47 Å². The van der Waals surface area contributed by atoms with Crippen LogP contribution in [0.4, 0.5) is 0 Å². The first-order valence-electron chi connectivity index (χ1n) is 6.28. The lowest BCUT2D eigenvalue weighted by Gasteiger charge is -2.20. The van der Waals surface area contributed by atoms with Gasteiger partial charge in [0.1, 0.15) is 0 Å². The molecule has 2 N–H and O–H groups in total. The first kappa shape index (κ1) is 14.9. The van der Waals surface area contributed by atoms with Crippen LogP contribution in [0, 0.1) is 5.92 Å². The quantitative estimate of drug-likeness (QED) is 0.577. The number of hydrogen-bond acceptors (Lipinski definition) is 5. The number of methoxy groups -OCH3 is 1.